The van der Waals surface area contributed by atoms with E-state index in [1.807, 2.05) is 0 Å². The van der Waals surface area contributed by atoms with Crippen LogP contribution in [-0.4, -0.2) is 10.5 Å². The fourth-order valence-electron chi connectivity index (χ4n) is 1.35. The van der Waals surface area contributed by atoms with Gasteiger partial charge in [-0.3, -0.25) is 9.59 Å². The van der Waals surface area contributed by atoms with Gasteiger partial charge in [-0.15, -0.1) is 22.7 Å². The molecule has 0 aromatic carbocycles. The molecular weight excluding hydrogens is 287 g/mol. The molecule has 0 bridgehead atoms. The Hall–Kier alpha value is -0.680. The van der Waals surface area contributed by atoms with Gasteiger partial charge < -0.3 is 0 Å². The maximum absolute atomic E-state index is 11.2. The van der Waals surface area contributed by atoms with Crippen molar-refractivity contribution in [2.75, 3.05) is 0 Å². The van der Waals surface area contributed by atoms with Crippen molar-refractivity contribution in [2.45, 2.75) is 0 Å². The van der Waals surface area contributed by atoms with Gasteiger partial charge in [-0.05, 0) is 46.1 Å². The summed E-state index contributed by atoms with van der Waals surface area (Å²) in [6, 6.07) is 3.51. The van der Waals surface area contributed by atoms with Crippen molar-refractivity contribution in [3.8, 4) is 11.1 Å². The molecule has 0 amide bonds. The standard InChI is InChI=1S/C10H4Cl2O2S2/c11-9(13)7-5(1-3-15-7)6-2-4-16-8(6)10(12)14/h1-4H. The molecule has 2 aromatic rings. The molecule has 0 radical (unpaired) electrons. The average Bonchev–Trinajstić information content (AvgIpc) is 2.85. The fourth-order valence-corrected chi connectivity index (χ4v) is 3.29. The molecule has 0 aliphatic heterocycles. The van der Waals surface area contributed by atoms with Gasteiger partial charge in [-0.25, -0.2) is 0 Å². The Kier molecular flexibility index (Phi) is 3.44. The second kappa shape index (κ2) is 4.67. The first-order chi connectivity index (χ1) is 7.61. The Morgan fingerprint density at radius 2 is 1.25 bits per heavy atom. The summed E-state index contributed by atoms with van der Waals surface area (Å²) in [6.07, 6.45) is 0. The predicted molar refractivity (Wildman–Crippen MR) is 68.0 cm³/mol. The number of halogens is 2. The number of carbonyl (C=O) groups is 2. The monoisotopic (exact) mass is 290 g/mol. The highest BCUT2D eigenvalue weighted by Crippen LogP contribution is 2.35. The van der Waals surface area contributed by atoms with Gasteiger partial charge in [0.25, 0.3) is 10.5 Å². The number of hydrogen-bond donors (Lipinski definition) is 0. The molecule has 2 aromatic heterocycles. The highest BCUT2D eigenvalue weighted by molar-refractivity contribution is 7.15. The van der Waals surface area contributed by atoms with Crippen LogP contribution in [0.25, 0.3) is 11.1 Å². The van der Waals surface area contributed by atoms with E-state index >= 15 is 0 Å². The van der Waals surface area contributed by atoms with Crippen molar-refractivity contribution in [1.82, 2.24) is 0 Å². The van der Waals surface area contributed by atoms with Gasteiger partial charge in [0.15, 0.2) is 0 Å². The highest BCUT2D eigenvalue weighted by atomic mass is 35.5. The van der Waals surface area contributed by atoms with Gasteiger partial charge in [-0.1, -0.05) is 0 Å². The second-order valence-electron chi connectivity index (χ2n) is 2.87. The molecule has 6 heteroatoms. The summed E-state index contributed by atoms with van der Waals surface area (Å²) < 4.78 is 0. The summed E-state index contributed by atoms with van der Waals surface area (Å²) in [4.78, 5) is 23.2. The molecule has 2 rings (SSSR count). The first-order valence-corrected chi connectivity index (χ1v) is 6.68. The Morgan fingerprint density at radius 1 is 0.875 bits per heavy atom. The van der Waals surface area contributed by atoms with Gasteiger partial charge in [0.2, 0.25) is 0 Å². The van der Waals surface area contributed by atoms with Crippen LogP contribution in [0.1, 0.15) is 19.3 Å². The third-order valence-corrected chi connectivity index (χ3v) is 4.41. The first-order valence-electron chi connectivity index (χ1n) is 4.16. The minimum Gasteiger partial charge on any atom is -0.275 e. The fraction of sp³-hybridized carbons (Fsp3) is 0. The number of thiophene rings is 2. The largest absolute Gasteiger partial charge is 0.275 e. The second-order valence-corrected chi connectivity index (χ2v) is 5.39. The summed E-state index contributed by atoms with van der Waals surface area (Å²) in [5.41, 5.74) is 1.32. The Labute approximate surface area is 109 Å². The number of rotatable bonds is 3. The zero-order valence-electron chi connectivity index (χ0n) is 7.70. The van der Waals surface area contributed by atoms with Crippen molar-refractivity contribution in [3.05, 3.63) is 32.6 Å². The highest BCUT2D eigenvalue weighted by Gasteiger charge is 2.18. The normalized spacial score (nSPS) is 10.4. The van der Waals surface area contributed by atoms with E-state index in [1.165, 1.54) is 22.7 Å². The lowest BCUT2D eigenvalue weighted by molar-refractivity contribution is 0.107. The minimum absolute atomic E-state index is 0.430. The van der Waals surface area contributed by atoms with Crippen LogP contribution in [0.3, 0.4) is 0 Å². The van der Waals surface area contributed by atoms with E-state index in [1.54, 1.807) is 22.9 Å². The maximum Gasteiger partial charge on any atom is 0.263 e. The van der Waals surface area contributed by atoms with Gasteiger partial charge in [0.1, 0.15) is 0 Å². The van der Waals surface area contributed by atoms with Crippen LogP contribution in [0.4, 0.5) is 0 Å². The third-order valence-electron chi connectivity index (χ3n) is 1.98. The Bertz CT molecular complexity index is 506. The Balaban J connectivity index is 2.59. The van der Waals surface area contributed by atoms with E-state index in [2.05, 4.69) is 0 Å². The van der Waals surface area contributed by atoms with Gasteiger partial charge in [0.05, 0.1) is 9.75 Å². The molecule has 0 atom stereocenters. The summed E-state index contributed by atoms with van der Waals surface area (Å²) in [5.74, 6) is 0. The van der Waals surface area contributed by atoms with Gasteiger partial charge in [0, 0.05) is 11.1 Å². The van der Waals surface area contributed by atoms with Crippen molar-refractivity contribution >= 4 is 56.4 Å². The van der Waals surface area contributed by atoms with Crippen LogP contribution in [0.5, 0.6) is 0 Å². The van der Waals surface area contributed by atoms with E-state index < -0.39 is 10.5 Å². The van der Waals surface area contributed by atoms with E-state index in [9.17, 15) is 9.59 Å². The molecule has 0 saturated carbocycles. The summed E-state index contributed by atoms with van der Waals surface area (Å²) in [6.45, 7) is 0. The first kappa shape index (κ1) is 11.8. The topological polar surface area (TPSA) is 34.1 Å². The summed E-state index contributed by atoms with van der Waals surface area (Å²) >= 11 is 13.4. The minimum atomic E-state index is -0.524. The summed E-state index contributed by atoms with van der Waals surface area (Å²) in [7, 11) is 0. The SMILES string of the molecule is O=C(Cl)c1sccc1-c1ccsc1C(=O)Cl. The molecule has 0 fully saturated rings. The van der Waals surface area contributed by atoms with E-state index in [4.69, 9.17) is 23.2 Å². The molecule has 0 aliphatic rings. The number of hydrogen-bond acceptors (Lipinski definition) is 4. The number of carbonyl (C=O) groups excluding carboxylic acids is 2. The van der Waals surface area contributed by atoms with Gasteiger partial charge >= 0.3 is 0 Å². The van der Waals surface area contributed by atoms with Crippen molar-refractivity contribution < 1.29 is 9.59 Å². The van der Waals surface area contributed by atoms with E-state index in [0.29, 0.717) is 20.9 Å². The van der Waals surface area contributed by atoms with Crippen molar-refractivity contribution in [1.29, 1.82) is 0 Å². The van der Waals surface area contributed by atoms with Crippen LogP contribution in [0, 0.1) is 0 Å². The average molecular weight is 291 g/mol. The van der Waals surface area contributed by atoms with E-state index in [0.717, 1.165) is 0 Å². The lowest BCUT2D eigenvalue weighted by atomic mass is 10.1. The molecule has 0 unspecified atom stereocenters. The molecule has 16 heavy (non-hydrogen) atoms. The zero-order valence-corrected chi connectivity index (χ0v) is 10.8. The van der Waals surface area contributed by atoms with Crippen LogP contribution >= 0.6 is 45.9 Å². The maximum atomic E-state index is 11.2. The molecule has 2 heterocycles. The molecule has 0 spiro atoms. The lowest BCUT2D eigenvalue weighted by Crippen LogP contribution is -1.91. The van der Waals surface area contributed by atoms with Crippen molar-refractivity contribution in [2.24, 2.45) is 0 Å². The lowest BCUT2D eigenvalue weighted by Gasteiger charge is -1.99. The van der Waals surface area contributed by atoms with E-state index in [-0.39, 0.29) is 0 Å². The van der Waals surface area contributed by atoms with Crippen molar-refractivity contribution in [3.63, 3.8) is 0 Å². The molecule has 0 N–H and O–H groups in total. The molecular formula is C10H4Cl2O2S2. The third kappa shape index (κ3) is 2.06. The molecule has 82 valence electrons. The predicted octanol–water partition coefficient (Wildman–Crippen LogP) is 4.23. The molecule has 0 aliphatic carbocycles. The van der Waals surface area contributed by atoms with Crippen LogP contribution in [0.2, 0.25) is 0 Å². The van der Waals surface area contributed by atoms with Crippen LogP contribution in [-0.2, 0) is 0 Å². The van der Waals surface area contributed by atoms with Gasteiger partial charge in [-0.2, -0.15) is 0 Å². The molecule has 0 saturated heterocycles. The smallest absolute Gasteiger partial charge is 0.263 e. The quantitative estimate of drug-likeness (QED) is 0.793. The molecule has 2 nitrogen and oxygen atoms in total. The van der Waals surface area contributed by atoms with Crippen LogP contribution < -0.4 is 0 Å². The Morgan fingerprint density at radius 3 is 1.56 bits per heavy atom. The summed E-state index contributed by atoms with van der Waals surface area (Å²) in [5, 5.41) is 2.46. The van der Waals surface area contributed by atoms with Crippen LogP contribution in [0.15, 0.2) is 22.9 Å². The zero-order chi connectivity index (χ0) is 11.7.